The number of unbranched alkanes of at least 4 members (excludes halogenated alkanes) is 1. The molecule has 5 nitrogen and oxygen atoms in total. The third-order valence-corrected chi connectivity index (χ3v) is 4.16. The van der Waals surface area contributed by atoms with Crippen LogP contribution in [0.1, 0.15) is 60.3 Å². The molecule has 0 aromatic rings. The monoisotopic (exact) mass is 313 g/mol. The SMILES string of the molecule is CCCCC(CNC(=O)OC(C)(C)C)NC1CC(C)N(C)C1. The summed E-state index contributed by atoms with van der Waals surface area (Å²) in [5.41, 5.74) is -0.444. The molecule has 0 aromatic carbocycles. The number of likely N-dealkylation sites (tertiary alicyclic amines) is 1. The van der Waals surface area contributed by atoms with Crippen LogP contribution in [0.15, 0.2) is 0 Å². The van der Waals surface area contributed by atoms with E-state index in [1.165, 1.54) is 19.3 Å². The van der Waals surface area contributed by atoms with Gasteiger partial charge in [0, 0.05) is 31.2 Å². The molecule has 0 bridgehead atoms. The quantitative estimate of drug-likeness (QED) is 0.759. The van der Waals surface area contributed by atoms with E-state index in [4.69, 9.17) is 4.74 Å². The fourth-order valence-electron chi connectivity index (χ4n) is 2.86. The van der Waals surface area contributed by atoms with E-state index in [0.717, 1.165) is 13.0 Å². The number of amides is 1. The molecule has 3 unspecified atom stereocenters. The van der Waals surface area contributed by atoms with E-state index in [2.05, 4.69) is 36.4 Å². The number of ether oxygens (including phenoxy) is 1. The van der Waals surface area contributed by atoms with Gasteiger partial charge in [-0.1, -0.05) is 19.8 Å². The number of alkyl carbamates (subject to hydrolysis) is 1. The molecule has 1 rings (SSSR count). The summed E-state index contributed by atoms with van der Waals surface area (Å²) in [5, 5.41) is 6.63. The lowest BCUT2D eigenvalue weighted by Gasteiger charge is -2.25. The number of hydrogen-bond donors (Lipinski definition) is 2. The molecule has 0 saturated carbocycles. The predicted octanol–water partition coefficient (Wildman–Crippen LogP) is 2.75. The second-order valence-corrected chi connectivity index (χ2v) is 7.61. The molecule has 0 aliphatic carbocycles. The maximum absolute atomic E-state index is 11.8. The number of carbonyl (C=O) groups is 1. The standard InChI is InChI=1S/C17H35N3O2/c1-7-8-9-14(11-18-16(21)22-17(3,4)5)19-15-10-13(2)20(6)12-15/h13-15,19H,7-12H2,1-6H3,(H,18,21). The van der Waals surface area contributed by atoms with Gasteiger partial charge in [0.25, 0.3) is 0 Å². The molecule has 3 atom stereocenters. The molecule has 22 heavy (non-hydrogen) atoms. The second kappa shape index (κ2) is 8.73. The van der Waals surface area contributed by atoms with E-state index < -0.39 is 5.60 Å². The third-order valence-electron chi connectivity index (χ3n) is 4.16. The van der Waals surface area contributed by atoms with Crippen LogP contribution in [0.25, 0.3) is 0 Å². The molecule has 1 heterocycles. The van der Waals surface area contributed by atoms with Gasteiger partial charge in [0.05, 0.1) is 0 Å². The fraction of sp³-hybridized carbons (Fsp3) is 0.941. The minimum Gasteiger partial charge on any atom is -0.444 e. The van der Waals surface area contributed by atoms with Crippen LogP contribution in [0, 0.1) is 0 Å². The maximum atomic E-state index is 11.8. The van der Waals surface area contributed by atoms with Gasteiger partial charge in [0.1, 0.15) is 5.60 Å². The molecule has 1 aliphatic rings. The Labute approximate surface area is 136 Å². The minimum absolute atomic E-state index is 0.316. The topological polar surface area (TPSA) is 53.6 Å². The van der Waals surface area contributed by atoms with Crippen molar-refractivity contribution in [2.24, 2.45) is 0 Å². The van der Waals surface area contributed by atoms with E-state index in [1.54, 1.807) is 0 Å². The van der Waals surface area contributed by atoms with Crippen molar-refractivity contribution in [3.05, 3.63) is 0 Å². The van der Waals surface area contributed by atoms with Gasteiger partial charge in [-0.15, -0.1) is 0 Å². The average molecular weight is 313 g/mol. The van der Waals surface area contributed by atoms with Gasteiger partial charge in [-0.25, -0.2) is 4.79 Å². The first-order valence-corrected chi connectivity index (χ1v) is 8.64. The summed E-state index contributed by atoms with van der Waals surface area (Å²) < 4.78 is 5.31. The summed E-state index contributed by atoms with van der Waals surface area (Å²) in [6.45, 7) is 11.8. The molecule has 5 heteroatoms. The Bertz CT molecular complexity index is 331. The lowest BCUT2D eigenvalue weighted by Crippen LogP contribution is -2.47. The van der Waals surface area contributed by atoms with E-state index in [1.807, 2.05) is 20.8 Å². The smallest absolute Gasteiger partial charge is 0.407 e. The van der Waals surface area contributed by atoms with Crippen molar-refractivity contribution >= 4 is 6.09 Å². The van der Waals surface area contributed by atoms with E-state index in [9.17, 15) is 4.79 Å². The van der Waals surface area contributed by atoms with Crippen LogP contribution in [0.2, 0.25) is 0 Å². The van der Waals surface area contributed by atoms with E-state index >= 15 is 0 Å². The zero-order valence-electron chi connectivity index (χ0n) is 15.2. The van der Waals surface area contributed by atoms with Gasteiger partial charge in [-0.05, 0) is 47.6 Å². The zero-order valence-corrected chi connectivity index (χ0v) is 15.2. The molecular formula is C17H35N3O2. The lowest BCUT2D eigenvalue weighted by atomic mass is 10.1. The molecule has 0 spiro atoms. The number of nitrogens with zero attached hydrogens (tertiary/aromatic N) is 1. The number of likely N-dealkylation sites (N-methyl/N-ethyl adjacent to an activating group) is 1. The molecule has 1 amide bonds. The van der Waals surface area contributed by atoms with E-state index in [0.29, 0.717) is 24.7 Å². The highest BCUT2D eigenvalue weighted by atomic mass is 16.6. The summed E-state index contributed by atoms with van der Waals surface area (Å²) in [5.74, 6) is 0. The van der Waals surface area contributed by atoms with Gasteiger partial charge in [0.15, 0.2) is 0 Å². The molecule has 1 saturated heterocycles. The normalized spacial score (nSPS) is 24.3. The van der Waals surface area contributed by atoms with Crippen LogP contribution in [0.5, 0.6) is 0 Å². The van der Waals surface area contributed by atoms with Crippen LogP contribution < -0.4 is 10.6 Å². The van der Waals surface area contributed by atoms with Gasteiger partial charge >= 0.3 is 6.09 Å². The highest BCUT2D eigenvalue weighted by Gasteiger charge is 2.27. The van der Waals surface area contributed by atoms with Crippen molar-refractivity contribution in [3.63, 3.8) is 0 Å². The Morgan fingerprint density at radius 1 is 1.41 bits per heavy atom. The van der Waals surface area contributed by atoms with Crippen molar-refractivity contribution in [3.8, 4) is 0 Å². The Hall–Kier alpha value is -0.810. The first kappa shape index (κ1) is 19.2. The number of nitrogens with one attached hydrogen (secondary N) is 2. The largest absolute Gasteiger partial charge is 0.444 e. The minimum atomic E-state index is -0.444. The molecule has 0 radical (unpaired) electrons. The van der Waals surface area contributed by atoms with Crippen molar-refractivity contribution in [2.75, 3.05) is 20.1 Å². The first-order chi connectivity index (χ1) is 10.2. The van der Waals surface area contributed by atoms with Crippen LogP contribution in [0.4, 0.5) is 4.79 Å². The molecule has 1 fully saturated rings. The predicted molar refractivity (Wildman–Crippen MR) is 91.2 cm³/mol. The third kappa shape index (κ3) is 7.45. The first-order valence-electron chi connectivity index (χ1n) is 8.64. The summed E-state index contributed by atoms with van der Waals surface area (Å²) in [6, 6.07) is 1.46. The Kier molecular flexibility index (Phi) is 7.63. The molecular weight excluding hydrogens is 278 g/mol. The molecule has 130 valence electrons. The summed E-state index contributed by atoms with van der Waals surface area (Å²) >= 11 is 0. The van der Waals surface area contributed by atoms with Gasteiger partial charge in [-0.3, -0.25) is 0 Å². The molecule has 2 N–H and O–H groups in total. The van der Waals surface area contributed by atoms with Gasteiger partial charge in [-0.2, -0.15) is 0 Å². The molecule has 0 aromatic heterocycles. The van der Waals surface area contributed by atoms with Crippen LogP contribution in [-0.4, -0.2) is 54.9 Å². The van der Waals surface area contributed by atoms with Crippen molar-refractivity contribution in [2.45, 2.75) is 84.0 Å². The summed E-state index contributed by atoms with van der Waals surface area (Å²) in [4.78, 5) is 14.2. The van der Waals surface area contributed by atoms with Crippen molar-refractivity contribution < 1.29 is 9.53 Å². The highest BCUT2D eigenvalue weighted by Crippen LogP contribution is 2.16. The van der Waals surface area contributed by atoms with Gasteiger partial charge in [0.2, 0.25) is 0 Å². The summed E-state index contributed by atoms with van der Waals surface area (Å²) in [6.07, 6.45) is 4.27. The number of rotatable bonds is 7. The van der Waals surface area contributed by atoms with Crippen LogP contribution >= 0.6 is 0 Å². The molecule has 1 aliphatic heterocycles. The fourth-order valence-corrected chi connectivity index (χ4v) is 2.86. The maximum Gasteiger partial charge on any atom is 0.407 e. The zero-order chi connectivity index (χ0) is 16.8. The number of hydrogen-bond acceptors (Lipinski definition) is 4. The Morgan fingerprint density at radius 3 is 2.59 bits per heavy atom. The Balaban J connectivity index is 2.42. The van der Waals surface area contributed by atoms with Crippen molar-refractivity contribution in [1.29, 1.82) is 0 Å². The lowest BCUT2D eigenvalue weighted by molar-refractivity contribution is 0.0521. The van der Waals surface area contributed by atoms with Crippen molar-refractivity contribution in [1.82, 2.24) is 15.5 Å². The highest BCUT2D eigenvalue weighted by molar-refractivity contribution is 5.67. The average Bonchev–Trinajstić information content (AvgIpc) is 2.69. The second-order valence-electron chi connectivity index (χ2n) is 7.61. The van der Waals surface area contributed by atoms with E-state index in [-0.39, 0.29) is 6.09 Å². The Morgan fingerprint density at radius 2 is 2.09 bits per heavy atom. The van der Waals surface area contributed by atoms with Crippen LogP contribution in [-0.2, 0) is 4.74 Å². The summed E-state index contributed by atoms with van der Waals surface area (Å²) in [7, 11) is 2.17. The van der Waals surface area contributed by atoms with Crippen LogP contribution in [0.3, 0.4) is 0 Å². The van der Waals surface area contributed by atoms with Gasteiger partial charge < -0.3 is 20.3 Å². The number of carbonyl (C=O) groups excluding carboxylic acids is 1.